The Morgan fingerprint density at radius 2 is 1.90 bits per heavy atom. The summed E-state index contributed by atoms with van der Waals surface area (Å²) in [6.45, 7) is 0.297. The number of phosphoric acid groups is 1. The molecule has 2 heterocycles. The number of thiocarbonyl (C=S) groups is 1. The molecule has 2 aliphatic heterocycles. The van der Waals surface area contributed by atoms with Crippen molar-refractivity contribution >= 4 is 50.8 Å². The number of hydrogen-bond acceptors (Lipinski definition) is 10. The third-order valence-corrected chi connectivity index (χ3v) is 7.41. The second-order valence-corrected chi connectivity index (χ2v) is 10.8. The van der Waals surface area contributed by atoms with Gasteiger partial charge in [0.2, 0.25) is 0 Å². The molecule has 3 rings (SSSR count). The van der Waals surface area contributed by atoms with Crippen LogP contribution in [0.3, 0.4) is 0 Å². The number of imide groups is 1. The molecule has 210 valence electrons. The zero-order chi connectivity index (χ0) is 28.4. The number of benzene rings is 1. The van der Waals surface area contributed by atoms with Crippen molar-refractivity contribution in [3.63, 3.8) is 0 Å². The van der Waals surface area contributed by atoms with Gasteiger partial charge in [0.1, 0.15) is 33.3 Å². The van der Waals surface area contributed by atoms with E-state index < -0.39 is 38.1 Å². The van der Waals surface area contributed by atoms with Crippen LogP contribution < -0.4 is 5.32 Å². The molecule has 1 saturated heterocycles. The first-order valence-corrected chi connectivity index (χ1v) is 14.1. The Balaban J connectivity index is 1.46. The van der Waals surface area contributed by atoms with Gasteiger partial charge in [-0.15, -0.1) is 0 Å². The van der Waals surface area contributed by atoms with Crippen molar-refractivity contribution < 1.29 is 47.1 Å². The van der Waals surface area contributed by atoms with Crippen molar-refractivity contribution in [2.75, 3.05) is 26.8 Å². The highest BCUT2D eigenvalue weighted by atomic mass is 32.1. The number of ether oxygens (including phenoxy) is 3. The van der Waals surface area contributed by atoms with Gasteiger partial charge in [-0.2, -0.15) is 0 Å². The topological polar surface area (TPSA) is 150 Å². The first-order chi connectivity index (χ1) is 18.6. The quantitative estimate of drug-likeness (QED) is 0.0828. The number of nitrogens with one attached hydrogen (secondary N) is 1. The second-order valence-electron chi connectivity index (χ2n) is 8.76. The number of phosphoric ester groups is 1. The van der Waals surface area contributed by atoms with Crippen LogP contribution in [0, 0.1) is 5.92 Å². The Hall–Kier alpha value is -2.61. The molecule has 39 heavy (non-hydrogen) atoms. The van der Waals surface area contributed by atoms with Crippen LogP contribution in [0.1, 0.15) is 24.8 Å². The van der Waals surface area contributed by atoms with E-state index in [1.165, 1.54) is 12.2 Å². The van der Waals surface area contributed by atoms with Gasteiger partial charge in [0, 0.05) is 50.7 Å². The van der Waals surface area contributed by atoms with E-state index >= 15 is 0 Å². The summed E-state index contributed by atoms with van der Waals surface area (Å²) in [6.07, 6.45) is 0.784. The van der Waals surface area contributed by atoms with Crippen molar-refractivity contribution in [2.45, 2.75) is 44.1 Å². The van der Waals surface area contributed by atoms with E-state index in [2.05, 4.69) is 9.84 Å². The summed E-state index contributed by atoms with van der Waals surface area (Å²) in [6, 6.07) is 8.17. The van der Waals surface area contributed by atoms with E-state index in [1.54, 1.807) is 12.1 Å². The molecule has 2 N–H and O–H groups in total. The lowest BCUT2D eigenvalue weighted by atomic mass is 9.82. The van der Waals surface area contributed by atoms with Crippen molar-refractivity contribution in [1.29, 1.82) is 0 Å². The minimum atomic E-state index is -4.42. The molecule has 2 radical (unpaired) electrons. The Bertz CT molecular complexity index is 1090. The minimum absolute atomic E-state index is 0.0131. The maximum Gasteiger partial charge on any atom is 0.508 e. The smallest absolute Gasteiger partial charge is 0.431 e. The van der Waals surface area contributed by atoms with Gasteiger partial charge in [-0.25, -0.2) is 9.36 Å². The maximum absolute atomic E-state index is 12.2. The second kappa shape index (κ2) is 14.7. The van der Waals surface area contributed by atoms with Gasteiger partial charge in [0.15, 0.2) is 0 Å². The minimum Gasteiger partial charge on any atom is -0.431 e. The van der Waals surface area contributed by atoms with E-state index in [9.17, 15) is 23.8 Å². The fraction of sp³-hybridized carbons (Fsp3) is 0.500. The first kappa shape index (κ1) is 30.9. The number of carbonyl (C=O) groups excluding carboxylic acids is 3. The molecule has 2 amide bonds. The molecule has 2 unspecified atom stereocenters. The molecule has 2 aliphatic rings. The predicted molar refractivity (Wildman–Crippen MR) is 143 cm³/mol. The Kier molecular flexibility index (Phi) is 11.6. The molecule has 0 aromatic heterocycles. The van der Waals surface area contributed by atoms with Gasteiger partial charge in [-0.05, 0) is 18.4 Å². The summed E-state index contributed by atoms with van der Waals surface area (Å²) >= 11 is 5.28. The lowest BCUT2D eigenvalue weighted by Crippen LogP contribution is -2.35. The predicted octanol–water partition coefficient (Wildman–Crippen LogP) is 1.99. The van der Waals surface area contributed by atoms with Crippen LogP contribution in [-0.4, -0.2) is 85.6 Å². The van der Waals surface area contributed by atoms with Crippen molar-refractivity contribution in [3.05, 3.63) is 48.0 Å². The summed E-state index contributed by atoms with van der Waals surface area (Å²) in [5, 5.41) is 3.05. The SMILES string of the molecule is [B][C@@H]1O[C@H](COC(=O)OCc2ccccc2)[C@H](OP(=O)(O)OC)C1CCCNC(=S)CCN1C(=O)C=CC1=O. The van der Waals surface area contributed by atoms with Crippen LogP contribution in [0.2, 0.25) is 0 Å². The molecular weight excluding hydrogens is 550 g/mol. The molecule has 1 aromatic carbocycles. The van der Waals surface area contributed by atoms with Gasteiger partial charge >= 0.3 is 14.0 Å². The summed E-state index contributed by atoms with van der Waals surface area (Å²) in [7, 11) is 2.75. The van der Waals surface area contributed by atoms with E-state index in [1.807, 2.05) is 18.2 Å². The van der Waals surface area contributed by atoms with Crippen molar-refractivity contribution in [1.82, 2.24) is 10.2 Å². The lowest BCUT2D eigenvalue weighted by Gasteiger charge is -2.25. The number of amides is 2. The van der Waals surface area contributed by atoms with Crippen LogP contribution in [-0.2, 0) is 44.0 Å². The number of nitrogens with zero attached hydrogens (tertiary/aromatic N) is 1. The normalized spacial score (nSPS) is 24.0. The van der Waals surface area contributed by atoms with Crippen molar-refractivity contribution in [3.8, 4) is 0 Å². The third kappa shape index (κ3) is 9.52. The first-order valence-electron chi connectivity index (χ1n) is 12.2. The maximum atomic E-state index is 12.2. The van der Waals surface area contributed by atoms with E-state index in [0.717, 1.165) is 17.6 Å². The van der Waals surface area contributed by atoms with Crippen LogP contribution in [0.5, 0.6) is 0 Å². The van der Waals surface area contributed by atoms with E-state index in [0.29, 0.717) is 30.8 Å². The molecule has 12 nitrogen and oxygen atoms in total. The molecule has 15 heteroatoms. The summed E-state index contributed by atoms with van der Waals surface area (Å²) in [4.78, 5) is 46.8. The Morgan fingerprint density at radius 1 is 1.21 bits per heavy atom. The Labute approximate surface area is 233 Å². The van der Waals surface area contributed by atoms with Gasteiger partial charge < -0.3 is 24.4 Å². The number of hydrogen-bond donors (Lipinski definition) is 2. The molecule has 0 saturated carbocycles. The number of carbonyl (C=O) groups is 3. The summed E-state index contributed by atoms with van der Waals surface area (Å²) in [5.74, 6) is -1.27. The summed E-state index contributed by atoms with van der Waals surface area (Å²) < 4.78 is 38.0. The van der Waals surface area contributed by atoms with Crippen LogP contribution >= 0.6 is 20.0 Å². The number of rotatable bonds is 14. The molecule has 0 spiro atoms. The molecule has 5 atom stereocenters. The molecule has 0 aliphatic carbocycles. The van der Waals surface area contributed by atoms with Crippen LogP contribution in [0.15, 0.2) is 42.5 Å². The lowest BCUT2D eigenvalue weighted by molar-refractivity contribution is -0.136. The standard InChI is InChI=1S/C24H30BN2O10PS/c1-33-38(31,32)37-22-17(8-5-12-26-19(39)11-13-27-20(28)9-10-21(27)29)23(25)36-18(22)15-35-24(30)34-14-16-6-3-2-4-7-16/h2-4,6-7,9-10,17-18,22-23H,5,8,11-15H2,1H3,(H,26,39)(H,31,32)/t17?,18-,22-,23-/m1/s1. The van der Waals surface area contributed by atoms with Gasteiger partial charge in [0.05, 0.1) is 4.99 Å². The fourth-order valence-corrected chi connectivity index (χ4v) is 4.95. The van der Waals surface area contributed by atoms with E-state index in [-0.39, 0.29) is 31.6 Å². The highest BCUT2D eigenvalue weighted by molar-refractivity contribution is 7.80. The largest absolute Gasteiger partial charge is 0.508 e. The average Bonchev–Trinajstić information content (AvgIpc) is 3.39. The molecule has 0 bridgehead atoms. The van der Waals surface area contributed by atoms with Crippen LogP contribution in [0.4, 0.5) is 4.79 Å². The van der Waals surface area contributed by atoms with Gasteiger partial charge in [-0.3, -0.25) is 23.5 Å². The van der Waals surface area contributed by atoms with Crippen LogP contribution in [0.25, 0.3) is 0 Å². The fourth-order valence-electron chi connectivity index (χ4n) is 4.08. The summed E-state index contributed by atoms with van der Waals surface area (Å²) in [5.41, 5.74) is 0.777. The Morgan fingerprint density at radius 3 is 2.56 bits per heavy atom. The van der Waals surface area contributed by atoms with Gasteiger partial charge in [-0.1, -0.05) is 42.5 Å². The third-order valence-electron chi connectivity index (χ3n) is 6.09. The molecular formula is C24H30BN2O10PS. The molecule has 1 aromatic rings. The van der Waals surface area contributed by atoms with Crippen molar-refractivity contribution in [2.24, 2.45) is 5.92 Å². The zero-order valence-electron chi connectivity index (χ0n) is 21.3. The van der Waals surface area contributed by atoms with E-state index in [4.69, 9.17) is 38.8 Å². The highest BCUT2D eigenvalue weighted by Gasteiger charge is 2.46. The average molecular weight is 580 g/mol. The van der Waals surface area contributed by atoms with Gasteiger partial charge in [0.25, 0.3) is 11.8 Å². The monoisotopic (exact) mass is 580 g/mol. The zero-order valence-corrected chi connectivity index (χ0v) is 23.0. The molecule has 1 fully saturated rings. The highest BCUT2D eigenvalue weighted by Crippen LogP contribution is 2.48.